The van der Waals surface area contributed by atoms with Crippen molar-refractivity contribution >= 4 is 23.6 Å². The summed E-state index contributed by atoms with van der Waals surface area (Å²) in [7, 11) is 2.56. The van der Waals surface area contributed by atoms with E-state index in [9.17, 15) is 14.4 Å². The number of rotatable bonds is 2. The number of carbonyl (C=O) groups is 2. The van der Waals surface area contributed by atoms with Crippen LogP contribution in [0.3, 0.4) is 0 Å². The summed E-state index contributed by atoms with van der Waals surface area (Å²) in [6.45, 7) is 1.77. The number of hydrogen-bond donors (Lipinski definition) is 0. The maximum absolute atomic E-state index is 13.2. The zero-order valence-electron chi connectivity index (χ0n) is 14.6. The summed E-state index contributed by atoms with van der Waals surface area (Å²) >= 11 is 1.81. The van der Waals surface area contributed by atoms with Gasteiger partial charge < -0.3 is 23.7 Å². The quantitative estimate of drug-likeness (QED) is 0.692. The molecular formula is C17H20N2O6S. The number of nitrogens with zero attached hydrogens (tertiary/aromatic N) is 2. The van der Waals surface area contributed by atoms with Crippen molar-refractivity contribution in [2.75, 3.05) is 39.7 Å². The van der Waals surface area contributed by atoms with Gasteiger partial charge >= 0.3 is 5.97 Å². The van der Waals surface area contributed by atoms with Crippen molar-refractivity contribution < 1.29 is 23.8 Å². The van der Waals surface area contributed by atoms with Crippen LogP contribution in [0.4, 0.5) is 0 Å². The molecule has 26 heavy (non-hydrogen) atoms. The molecule has 1 aromatic heterocycles. The van der Waals surface area contributed by atoms with Gasteiger partial charge in [0.15, 0.2) is 11.4 Å². The molecule has 0 bridgehead atoms. The first-order chi connectivity index (χ1) is 12.6. The Morgan fingerprint density at radius 3 is 2.88 bits per heavy atom. The number of ether oxygens (including phenoxy) is 3. The lowest BCUT2D eigenvalue weighted by molar-refractivity contribution is 0.0501. The van der Waals surface area contributed by atoms with E-state index in [1.807, 2.05) is 4.90 Å². The monoisotopic (exact) mass is 380 g/mol. The molecule has 0 N–H and O–H groups in total. The van der Waals surface area contributed by atoms with E-state index in [1.54, 1.807) is 16.3 Å². The number of aromatic nitrogens is 1. The normalized spacial score (nSPS) is 27.2. The van der Waals surface area contributed by atoms with Crippen LogP contribution in [-0.4, -0.2) is 72.4 Å². The van der Waals surface area contributed by atoms with E-state index in [4.69, 9.17) is 14.2 Å². The van der Waals surface area contributed by atoms with Crippen molar-refractivity contribution in [2.45, 2.75) is 23.8 Å². The van der Waals surface area contributed by atoms with Gasteiger partial charge in [0.05, 0.1) is 38.2 Å². The smallest absolute Gasteiger partial charge is 0.343 e. The van der Waals surface area contributed by atoms with Crippen molar-refractivity contribution in [3.63, 3.8) is 0 Å². The molecule has 140 valence electrons. The highest BCUT2D eigenvalue weighted by Crippen LogP contribution is 2.41. The number of esters is 1. The third kappa shape index (κ3) is 2.44. The number of methoxy groups -OCH3 is 2. The van der Waals surface area contributed by atoms with Gasteiger partial charge in [0.2, 0.25) is 5.43 Å². The van der Waals surface area contributed by atoms with Gasteiger partial charge in [-0.25, -0.2) is 4.79 Å². The van der Waals surface area contributed by atoms with Crippen molar-refractivity contribution in [3.05, 3.63) is 27.7 Å². The number of hydrogen-bond acceptors (Lipinski definition) is 7. The van der Waals surface area contributed by atoms with E-state index in [0.717, 1.165) is 5.75 Å². The molecule has 3 aliphatic rings. The summed E-state index contributed by atoms with van der Waals surface area (Å²) < 4.78 is 17.5. The minimum absolute atomic E-state index is 0.0334. The van der Waals surface area contributed by atoms with E-state index >= 15 is 0 Å². The summed E-state index contributed by atoms with van der Waals surface area (Å²) in [4.78, 5) is 39.8. The van der Waals surface area contributed by atoms with Crippen LogP contribution in [0.2, 0.25) is 0 Å². The zero-order chi connectivity index (χ0) is 18.4. The Kier molecular flexibility index (Phi) is 4.44. The maximum atomic E-state index is 13.2. The van der Waals surface area contributed by atoms with Crippen LogP contribution in [0, 0.1) is 0 Å². The Labute approximate surface area is 154 Å². The lowest BCUT2D eigenvalue weighted by Gasteiger charge is -2.48. The van der Waals surface area contributed by atoms with E-state index in [-0.39, 0.29) is 40.2 Å². The summed E-state index contributed by atoms with van der Waals surface area (Å²) in [5.41, 5.74) is -0.538. The highest BCUT2D eigenvalue weighted by Gasteiger charge is 2.48. The molecule has 4 rings (SSSR count). The predicted molar refractivity (Wildman–Crippen MR) is 94.1 cm³/mol. The second-order valence-electron chi connectivity index (χ2n) is 6.48. The molecule has 3 atom stereocenters. The molecule has 2 fully saturated rings. The van der Waals surface area contributed by atoms with Crippen LogP contribution in [0.25, 0.3) is 0 Å². The highest BCUT2D eigenvalue weighted by atomic mass is 32.2. The van der Waals surface area contributed by atoms with Gasteiger partial charge in [-0.15, -0.1) is 0 Å². The average molecular weight is 380 g/mol. The van der Waals surface area contributed by atoms with Gasteiger partial charge in [-0.2, -0.15) is 11.8 Å². The van der Waals surface area contributed by atoms with Gasteiger partial charge in [0.25, 0.3) is 5.91 Å². The molecule has 4 heterocycles. The molecule has 8 nitrogen and oxygen atoms in total. The SMILES string of the molecule is COC(=O)c1cn2c(c(OC)c1=O)C(=O)N1CCS[C@@H]3COCC[C@H]2C31. The predicted octanol–water partition coefficient (Wildman–Crippen LogP) is 0.545. The minimum Gasteiger partial charge on any atom is -0.491 e. The van der Waals surface area contributed by atoms with Crippen LogP contribution in [0.1, 0.15) is 33.3 Å². The molecule has 0 spiro atoms. The van der Waals surface area contributed by atoms with Crippen molar-refractivity contribution in [2.24, 2.45) is 0 Å². The van der Waals surface area contributed by atoms with Crippen LogP contribution in [0.15, 0.2) is 11.0 Å². The Morgan fingerprint density at radius 2 is 2.15 bits per heavy atom. The van der Waals surface area contributed by atoms with E-state index < -0.39 is 11.4 Å². The van der Waals surface area contributed by atoms with E-state index in [0.29, 0.717) is 26.2 Å². The molecular weight excluding hydrogens is 360 g/mol. The minimum atomic E-state index is -0.738. The molecule has 1 aromatic rings. The maximum Gasteiger partial charge on any atom is 0.343 e. The van der Waals surface area contributed by atoms with Crippen LogP contribution >= 0.6 is 11.8 Å². The fourth-order valence-electron chi connectivity index (χ4n) is 4.13. The van der Waals surface area contributed by atoms with E-state index in [2.05, 4.69) is 0 Å². The third-order valence-corrected chi connectivity index (χ3v) is 6.52. The highest BCUT2D eigenvalue weighted by molar-refractivity contribution is 8.00. The Balaban J connectivity index is 1.96. The molecule has 3 aliphatic heterocycles. The zero-order valence-corrected chi connectivity index (χ0v) is 15.4. The number of amides is 1. The van der Waals surface area contributed by atoms with Gasteiger partial charge in [-0.3, -0.25) is 9.59 Å². The Hall–Kier alpha value is -2.00. The van der Waals surface area contributed by atoms with Gasteiger partial charge in [0, 0.05) is 25.1 Å². The molecule has 9 heteroatoms. The topological polar surface area (TPSA) is 87.1 Å². The molecule has 0 radical (unpaired) electrons. The Morgan fingerprint density at radius 1 is 1.35 bits per heavy atom. The fraction of sp³-hybridized carbons (Fsp3) is 0.588. The average Bonchev–Trinajstić information content (AvgIpc) is 2.88. The lowest BCUT2D eigenvalue weighted by atomic mass is 9.95. The van der Waals surface area contributed by atoms with Crippen molar-refractivity contribution in [3.8, 4) is 5.75 Å². The third-order valence-electron chi connectivity index (χ3n) is 5.26. The molecule has 0 aliphatic carbocycles. The summed E-state index contributed by atoms with van der Waals surface area (Å²) in [5, 5.41) is 0.167. The van der Waals surface area contributed by atoms with Crippen LogP contribution in [-0.2, 0) is 9.47 Å². The standard InChI is InChI=1S/C17H20N2O6S/c1-23-15-13-16(21)18-4-6-26-11-8-25-5-3-10(12(11)18)19(13)7-9(14(15)20)17(22)24-2/h7,10-12H,3-6,8H2,1-2H3/t10-,11+,12?/m0/s1. The van der Waals surface area contributed by atoms with Crippen LogP contribution < -0.4 is 10.2 Å². The van der Waals surface area contributed by atoms with Gasteiger partial charge in [0.1, 0.15) is 5.56 Å². The number of thioether (sulfide) groups is 1. The summed E-state index contributed by atoms with van der Waals surface area (Å²) in [5.74, 6) is -0.242. The van der Waals surface area contributed by atoms with Crippen molar-refractivity contribution in [1.82, 2.24) is 9.47 Å². The van der Waals surface area contributed by atoms with Crippen LogP contribution in [0.5, 0.6) is 5.75 Å². The molecule has 2 saturated heterocycles. The van der Waals surface area contributed by atoms with E-state index in [1.165, 1.54) is 20.4 Å². The molecule has 0 aromatic carbocycles. The second kappa shape index (κ2) is 6.62. The first kappa shape index (κ1) is 17.4. The number of pyridine rings is 1. The van der Waals surface area contributed by atoms with Gasteiger partial charge in [-0.1, -0.05) is 0 Å². The number of carbonyl (C=O) groups excluding carboxylic acids is 2. The van der Waals surface area contributed by atoms with Crippen molar-refractivity contribution in [1.29, 1.82) is 0 Å². The second-order valence-corrected chi connectivity index (χ2v) is 7.83. The summed E-state index contributed by atoms with van der Waals surface area (Å²) in [6, 6.07) is -0.116. The molecule has 1 unspecified atom stereocenters. The molecule has 0 saturated carbocycles. The largest absolute Gasteiger partial charge is 0.491 e. The molecule has 1 amide bonds. The fourth-order valence-corrected chi connectivity index (χ4v) is 5.45. The summed E-state index contributed by atoms with van der Waals surface area (Å²) in [6.07, 6.45) is 2.14. The first-order valence-corrected chi connectivity index (χ1v) is 9.55. The number of fused-ring (bicyclic) bond motifs is 2. The lowest BCUT2D eigenvalue weighted by Crippen LogP contribution is -2.59. The first-order valence-electron chi connectivity index (χ1n) is 8.50. The van der Waals surface area contributed by atoms with Gasteiger partial charge in [-0.05, 0) is 6.42 Å². The Bertz CT molecular complexity index is 822.